The van der Waals surface area contributed by atoms with Crippen LogP contribution in [0.1, 0.15) is 168 Å². The van der Waals surface area contributed by atoms with E-state index in [1.807, 2.05) is 6.08 Å². The van der Waals surface area contributed by atoms with E-state index in [-0.39, 0.29) is 19.4 Å². The van der Waals surface area contributed by atoms with Gasteiger partial charge in [0.1, 0.15) is 55.4 Å². The number of ether oxygens (including phenoxy) is 6. The van der Waals surface area contributed by atoms with Gasteiger partial charge in [-0.3, -0.25) is 9.59 Å². The summed E-state index contributed by atoms with van der Waals surface area (Å²) in [7, 11) is 0. The van der Waals surface area contributed by atoms with Crippen LogP contribution in [0.25, 0.3) is 0 Å². The lowest BCUT2D eigenvalue weighted by atomic mass is 9.98. The molecule has 2 heterocycles. The Hall–Kier alpha value is -3.32. The van der Waals surface area contributed by atoms with Gasteiger partial charge in [0.05, 0.1) is 19.8 Å². The maximum absolute atomic E-state index is 13.0. The highest BCUT2D eigenvalue weighted by molar-refractivity contribution is 5.70. The van der Waals surface area contributed by atoms with E-state index in [9.17, 15) is 45.3 Å². The van der Waals surface area contributed by atoms with E-state index in [2.05, 4.69) is 92.8 Å². The number of aliphatic hydroxyl groups excluding tert-OH is 7. The summed E-state index contributed by atoms with van der Waals surface area (Å²) in [5, 5.41) is 72.2. The Balaban J connectivity index is 1.83. The van der Waals surface area contributed by atoms with Crippen LogP contribution in [0.4, 0.5) is 0 Å². The Bertz CT molecular complexity index is 1570. The molecule has 0 aliphatic carbocycles. The third-order valence-electron chi connectivity index (χ3n) is 12.4. The highest BCUT2D eigenvalue weighted by Gasteiger charge is 2.47. The second-order valence-electron chi connectivity index (χ2n) is 18.7. The molecule has 72 heavy (non-hydrogen) atoms. The van der Waals surface area contributed by atoms with Crippen LogP contribution < -0.4 is 0 Å². The van der Waals surface area contributed by atoms with Gasteiger partial charge in [-0.1, -0.05) is 157 Å². The van der Waals surface area contributed by atoms with Gasteiger partial charge in [-0.05, 0) is 83.5 Å². The third-order valence-corrected chi connectivity index (χ3v) is 12.4. The molecule has 15 heteroatoms. The Kier molecular flexibility index (Phi) is 38.7. The molecule has 0 saturated carbocycles. The lowest BCUT2D eigenvalue weighted by Gasteiger charge is -2.42. The van der Waals surface area contributed by atoms with Gasteiger partial charge in [0.2, 0.25) is 0 Å². The van der Waals surface area contributed by atoms with Crippen molar-refractivity contribution in [1.29, 1.82) is 0 Å². The van der Waals surface area contributed by atoms with Gasteiger partial charge >= 0.3 is 11.9 Å². The molecular formula is C57H94O15. The molecule has 2 rings (SSSR count). The number of carbonyl (C=O) groups is 2. The SMILES string of the molecule is CC/C=C/C/C=C/C/C=C/C/C=C/C/C=C/CCCCCC(=O)O[C@H](COC(=O)CCC/C=C/C/C=C/CCCCCCCCCCC)CO[C@H]1O[C@@H](CO[C@H]2O[C@@H](CO)[C@@H](O)C(O)C2O)[C@@H](O)C(O)C1O. The maximum Gasteiger partial charge on any atom is 0.306 e. The molecule has 2 fully saturated rings. The lowest BCUT2D eigenvalue weighted by molar-refractivity contribution is -0.332. The molecule has 2 aliphatic heterocycles. The number of esters is 2. The van der Waals surface area contributed by atoms with Crippen LogP contribution in [-0.2, 0) is 38.0 Å². The number of hydrogen-bond donors (Lipinski definition) is 7. The summed E-state index contributed by atoms with van der Waals surface area (Å²) in [4.78, 5) is 25.8. The van der Waals surface area contributed by atoms with Gasteiger partial charge in [-0.25, -0.2) is 0 Å². The molecular weight excluding hydrogens is 925 g/mol. The van der Waals surface area contributed by atoms with E-state index < -0.39 is 99.3 Å². The standard InChI is InChI=1S/C57H94O15/c1-3-5-7-9-11-13-15-17-19-21-22-24-26-28-30-32-34-36-38-40-49(60)70-45(42-67-48(59)39-37-35-33-31-29-27-25-23-20-18-16-14-12-10-8-6-4-2)43-68-56-55(66)53(64)51(62)47(72-56)44-69-57-54(65)52(63)50(61)46(41-58)71-57/h5,7,11,13,17,19,22,24-25,27-28,30-31,33,45-47,50-58,61-66H,3-4,6,8-10,12,14-16,18,20-21,23,26,29,32,34-44H2,1-2H3/b7-5+,13-11+,19-17+,24-22+,27-25+,30-28+,33-31+/t45-,46+,47+,50-,51-,52?,53?,54?,55?,56+,57+/m1/s1. The fourth-order valence-corrected chi connectivity index (χ4v) is 7.93. The second-order valence-corrected chi connectivity index (χ2v) is 18.7. The summed E-state index contributed by atoms with van der Waals surface area (Å²) in [6, 6.07) is 0. The summed E-state index contributed by atoms with van der Waals surface area (Å²) in [6.45, 7) is 2.39. The zero-order valence-electron chi connectivity index (χ0n) is 43.6. The molecule has 11 atom stereocenters. The van der Waals surface area contributed by atoms with Crippen molar-refractivity contribution in [2.75, 3.05) is 26.4 Å². The fourth-order valence-electron chi connectivity index (χ4n) is 7.93. The molecule has 0 spiro atoms. The smallest absolute Gasteiger partial charge is 0.306 e. The predicted octanol–water partition coefficient (Wildman–Crippen LogP) is 8.38. The van der Waals surface area contributed by atoms with Crippen molar-refractivity contribution in [1.82, 2.24) is 0 Å². The zero-order chi connectivity index (χ0) is 52.4. The third kappa shape index (κ3) is 30.1. The molecule has 0 radical (unpaired) electrons. The van der Waals surface area contributed by atoms with Gasteiger partial charge < -0.3 is 64.2 Å². The van der Waals surface area contributed by atoms with E-state index in [0.717, 1.165) is 64.2 Å². The van der Waals surface area contributed by atoms with Crippen molar-refractivity contribution in [3.63, 3.8) is 0 Å². The largest absolute Gasteiger partial charge is 0.462 e. The minimum absolute atomic E-state index is 0.113. The van der Waals surface area contributed by atoms with Crippen LogP contribution in [0, 0.1) is 0 Å². The quantitative estimate of drug-likeness (QED) is 0.0173. The molecule has 2 aliphatic rings. The summed E-state index contributed by atoms with van der Waals surface area (Å²) in [5.74, 6) is -1.02. The van der Waals surface area contributed by atoms with Crippen molar-refractivity contribution >= 4 is 11.9 Å². The summed E-state index contributed by atoms with van der Waals surface area (Å²) >= 11 is 0. The molecule has 0 amide bonds. The molecule has 0 bridgehead atoms. The second kappa shape index (κ2) is 43.0. The van der Waals surface area contributed by atoms with E-state index in [0.29, 0.717) is 19.3 Å². The maximum atomic E-state index is 13.0. The van der Waals surface area contributed by atoms with E-state index in [1.54, 1.807) is 0 Å². The Labute approximate surface area is 431 Å². The first-order valence-corrected chi connectivity index (χ1v) is 27.2. The monoisotopic (exact) mass is 1020 g/mol. The van der Waals surface area contributed by atoms with Gasteiger partial charge in [-0.15, -0.1) is 0 Å². The van der Waals surface area contributed by atoms with Crippen molar-refractivity contribution in [2.45, 2.75) is 235 Å². The highest BCUT2D eigenvalue weighted by atomic mass is 16.7. The minimum Gasteiger partial charge on any atom is -0.462 e. The lowest BCUT2D eigenvalue weighted by Crippen LogP contribution is -2.61. The van der Waals surface area contributed by atoms with E-state index >= 15 is 0 Å². The summed E-state index contributed by atoms with van der Waals surface area (Å²) in [5.41, 5.74) is 0. The summed E-state index contributed by atoms with van der Waals surface area (Å²) in [6.07, 6.45) is 36.1. The van der Waals surface area contributed by atoms with Crippen molar-refractivity contribution in [3.8, 4) is 0 Å². The van der Waals surface area contributed by atoms with Crippen molar-refractivity contribution in [2.24, 2.45) is 0 Å². The Morgan fingerprint density at radius 3 is 1.42 bits per heavy atom. The fraction of sp³-hybridized carbons (Fsp3) is 0.719. The topological polar surface area (TPSA) is 231 Å². The number of hydrogen-bond acceptors (Lipinski definition) is 15. The number of rotatable bonds is 41. The first kappa shape index (κ1) is 64.8. The first-order valence-electron chi connectivity index (χ1n) is 27.2. The van der Waals surface area contributed by atoms with E-state index in [4.69, 9.17) is 28.4 Å². The summed E-state index contributed by atoms with van der Waals surface area (Å²) < 4.78 is 33.5. The molecule has 0 aromatic carbocycles. The van der Waals surface area contributed by atoms with Gasteiger partial charge in [-0.2, -0.15) is 0 Å². The normalized spacial score (nSPS) is 25.7. The predicted molar refractivity (Wildman–Crippen MR) is 279 cm³/mol. The molecule has 4 unspecified atom stereocenters. The van der Waals surface area contributed by atoms with Crippen LogP contribution >= 0.6 is 0 Å². The van der Waals surface area contributed by atoms with Gasteiger partial charge in [0.25, 0.3) is 0 Å². The van der Waals surface area contributed by atoms with Crippen LogP contribution in [0.5, 0.6) is 0 Å². The number of allylic oxidation sites excluding steroid dienone is 14. The molecule has 15 nitrogen and oxygen atoms in total. The highest BCUT2D eigenvalue weighted by Crippen LogP contribution is 2.26. The average molecular weight is 1020 g/mol. The average Bonchev–Trinajstić information content (AvgIpc) is 3.37. The van der Waals surface area contributed by atoms with Gasteiger partial charge in [0, 0.05) is 12.8 Å². The molecule has 2 saturated heterocycles. The van der Waals surface area contributed by atoms with Crippen LogP contribution in [-0.4, -0.2) is 142 Å². The number of unbranched alkanes of at least 4 members (excludes halogenated alkanes) is 13. The molecule has 0 aromatic heterocycles. The van der Waals surface area contributed by atoms with Crippen molar-refractivity contribution in [3.05, 3.63) is 85.1 Å². The number of aliphatic hydroxyl groups is 7. The molecule has 412 valence electrons. The van der Waals surface area contributed by atoms with Crippen LogP contribution in [0.2, 0.25) is 0 Å². The molecule has 7 N–H and O–H groups in total. The Morgan fingerprint density at radius 2 is 0.889 bits per heavy atom. The minimum atomic E-state index is -1.78. The number of carbonyl (C=O) groups excluding carboxylic acids is 2. The first-order chi connectivity index (χ1) is 35.0. The van der Waals surface area contributed by atoms with E-state index in [1.165, 1.54) is 57.8 Å². The van der Waals surface area contributed by atoms with Crippen LogP contribution in [0.15, 0.2) is 85.1 Å². The van der Waals surface area contributed by atoms with Crippen LogP contribution in [0.3, 0.4) is 0 Å². The molecule has 0 aromatic rings. The van der Waals surface area contributed by atoms with Gasteiger partial charge in [0.15, 0.2) is 18.7 Å². The Morgan fingerprint density at radius 1 is 0.458 bits per heavy atom. The zero-order valence-corrected chi connectivity index (χ0v) is 43.6. The van der Waals surface area contributed by atoms with Crippen molar-refractivity contribution < 1.29 is 73.8 Å².